The van der Waals surface area contributed by atoms with E-state index < -0.39 is 6.16 Å². The van der Waals surface area contributed by atoms with Crippen molar-refractivity contribution < 1.29 is 14.3 Å². The third kappa shape index (κ3) is 1.79. The normalized spacial score (nSPS) is 28.1. The molecule has 12 heavy (non-hydrogen) atoms. The Hall–Kier alpha value is -1.43. The van der Waals surface area contributed by atoms with Gasteiger partial charge in [-0.2, -0.15) is 0 Å². The molecule has 0 N–H and O–H groups in total. The molecule has 0 aromatic rings. The number of ether oxygens (including phenoxy) is 2. The monoisotopic (exact) mass is 166 g/mol. The Morgan fingerprint density at radius 1 is 1.83 bits per heavy atom. The molecule has 1 aliphatic heterocycles. The molecule has 0 amide bonds. The lowest BCUT2D eigenvalue weighted by atomic mass is 10.0. The highest BCUT2D eigenvalue weighted by atomic mass is 16.7. The molecule has 1 rings (SSSR count). The average molecular weight is 166 g/mol. The molecule has 1 aliphatic rings. The second-order valence-electron chi connectivity index (χ2n) is 2.51. The van der Waals surface area contributed by atoms with Crippen molar-refractivity contribution in [2.24, 2.45) is 5.92 Å². The largest absolute Gasteiger partial charge is 0.508 e. The van der Waals surface area contributed by atoms with E-state index in [1.165, 1.54) is 0 Å². The highest BCUT2D eigenvalue weighted by molar-refractivity contribution is 5.61. The van der Waals surface area contributed by atoms with Crippen LogP contribution in [0.1, 0.15) is 6.42 Å². The lowest BCUT2D eigenvalue weighted by Crippen LogP contribution is -2.35. The Bertz CT molecular complexity index is 226. The fourth-order valence-corrected chi connectivity index (χ4v) is 1.04. The number of carbonyl (C=O) groups is 1. The van der Waals surface area contributed by atoms with Crippen LogP contribution in [0.4, 0.5) is 4.79 Å². The van der Waals surface area contributed by atoms with Crippen LogP contribution in [-0.2, 0) is 9.47 Å². The van der Waals surface area contributed by atoms with Gasteiger partial charge in [0.1, 0.15) is 12.7 Å². The van der Waals surface area contributed by atoms with Crippen LogP contribution in [-0.4, -0.2) is 18.9 Å². The van der Waals surface area contributed by atoms with Crippen molar-refractivity contribution in [3.05, 3.63) is 12.7 Å². The topological polar surface area (TPSA) is 35.5 Å². The summed E-state index contributed by atoms with van der Waals surface area (Å²) in [7, 11) is 0. The minimum atomic E-state index is -0.645. The molecule has 2 unspecified atom stereocenters. The van der Waals surface area contributed by atoms with Crippen LogP contribution >= 0.6 is 0 Å². The Kier molecular flexibility index (Phi) is 2.76. The highest BCUT2D eigenvalue weighted by Gasteiger charge is 2.29. The first-order chi connectivity index (χ1) is 5.77. The molecule has 1 saturated heterocycles. The first-order valence-electron chi connectivity index (χ1n) is 3.68. The summed E-state index contributed by atoms with van der Waals surface area (Å²) in [5, 5.41) is 0. The van der Waals surface area contributed by atoms with Gasteiger partial charge in [0.15, 0.2) is 0 Å². The van der Waals surface area contributed by atoms with E-state index >= 15 is 0 Å². The minimum Gasteiger partial charge on any atom is -0.433 e. The highest BCUT2D eigenvalue weighted by Crippen LogP contribution is 2.18. The molecule has 3 heteroatoms. The van der Waals surface area contributed by atoms with Gasteiger partial charge in [-0.3, -0.25) is 0 Å². The molecule has 0 aromatic carbocycles. The quantitative estimate of drug-likeness (QED) is 0.353. The summed E-state index contributed by atoms with van der Waals surface area (Å²) < 4.78 is 9.48. The smallest absolute Gasteiger partial charge is 0.433 e. The first-order valence-corrected chi connectivity index (χ1v) is 3.68. The minimum absolute atomic E-state index is 0.152. The van der Waals surface area contributed by atoms with Crippen LogP contribution in [0.15, 0.2) is 12.7 Å². The van der Waals surface area contributed by atoms with E-state index in [1.807, 2.05) is 0 Å². The van der Waals surface area contributed by atoms with Crippen molar-refractivity contribution in [3.8, 4) is 12.3 Å². The van der Waals surface area contributed by atoms with E-state index in [-0.39, 0.29) is 18.6 Å². The van der Waals surface area contributed by atoms with Gasteiger partial charge in [-0.25, -0.2) is 4.79 Å². The van der Waals surface area contributed by atoms with Crippen molar-refractivity contribution in [3.63, 3.8) is 0 Å². The van der Waals surface area contributed by atoms with E-state index in [1.54, 1.807) is 6.08 Å². The molecule has 0 aliphatic carbocycles. The third-order valence-electron chi connectivity index (χ3n) is 1.69. The maximum atomic E-state index is 10.7. The molecule has 1 heterocycles. The molecule has 0 bridgehead atoms. The van der Waals surface area contributed by atoms with Crippen LogP contribution in [0.2, 0.25) is 0 Å². The summed E-state index contributed by atoms with van der Waals surface area (Å²) in [6.07, 6.45) is 6.55. The second-order valence-corrected chi connectivity index (χ2v) is 2.51. The lowest BCUT2D eigenvalue weighted by molar-refractivity contribution is -0.0415. The first kappa shape index (κ1) is 8.66. The fourth-order valence-electron chi connectivity index (χ4n) is 1.04. The summed E-state index contributed by atoms with van der Waals surface area (Å²) in [5.74, 6) is 2.36. The number of hydrogen-bond acceptors (Lipinski definition) is 3. The summed E-state index contributed by atoms with van der Waals surface area (Å²) in [5.41, 5.74) is 0. The van der Waals surface area contributed by atoms with E-state index in [9.17, 15) is 4.79 Å². The Balaban J connectivity index is 2.58. The molecule has 2 atom stereocenters. The van der Waals surface area contributed by atoms with Crippen LogP contribution < -0.4 is 0 Å². The molecule has 3 nitrogen and oxygen atoms in total. The third-order valence-corrected chi connectivity index (χ3v) is 1.69. The molecular formula is C9H10O3. The summed E-state index contributed by atoms with van der Waals surface area (Å²) in [6.45, 7) is 3.79. The van der Waals surface area contributed by atoms with Gasteiger partial charge in [-0.05, 0) is 0 Å². The van der Waals surface area contributed by atoms with E-state index in [0.29, 0.717) is 6.42 Å². The average Bonchev–Trinajstić information content (AvgIpc) is 2.05. The standard InChI is InChI=1S/C9H10O3/c1-3-5-8-7(4-2)6-11-9(10)12-8/h2-3,7-8H,1,5-6H2. The molecule has 64 valence electrons. The fraction of sp³-hybridized carbons (Fsp3) is 0.444. The van der Waals surface area contributed by atoms with Crippen molar-refractivity contribution in [2.45, 2.75) is 12.5 Å². The van der Waals surface area contributed by atoms with Crippen LogP contribution in [0.5, 0.6) is 0 Å². The summed E-state index contributed by atoms with van der Waals surface area (Å²) in [6, 6.07) is 0. The number of cyclic esters (lactones) is 2. The van der Waals surface area contributed by atoms with Crippen LogP contribution in [0, 0.1) is 18.3 Å². The van der Waals surface area contributed by atoms with Gasteiger partial charge in [0, 0.05) is 6.42 Å². The van der Waals surface area contributed by atoms with Gasteiger partial charge in [0.25, 0.3) is 0 Å². The zero-order valence-electron chi connectivity index (χ0n) is 6.66. The number of rotatable bonds is 2. The van der Waals surface area contributed by atoms with Crippen molar-refractivity contribution in [1.29, 1.82) is 0 Å². The van der Waals surface area contributed by atoms with Gasteiger partial charge >= 0.3 is 6.16 Å². The van der Waals surface area contributed by atoms with Gasteiger partial charge in [-0.15, -0.1) is 13.0 Å². The Morgan fingerprint density at radius 3 is 3.17 bits per heavy atom. The van der Waals surface area contributed by atoms with E-state index in [4.69, 9.17) is 11.2 Å². The van der Waals surface area contributed by atoms with E-state index in [2.05, 4.69) is 17.2 Å². The Morgan fingerprint density at radius 2 is 2.58 bits per heavy atom. The molecule has 0 spiro atoms. The van der Waals surface area contributed by atoms with Crippen LogP contribution in [0.3, 0.4) is 0 Å². The molecule has 0 saturated carbocycles. The second kappa shape index (κ2) is 3.82. The maximum Gasteiger partial charge on any atom is 0.508 e. The molecule has 0 aromatic heterocycles. The van der Waals surface area contributed by atoms with Gasteiger partial charge in [0.05, 0.1) is 5.92 Å². The van der Waals surface area contributed by atoms with Crippen LogP contribution in [0.25, 0.3) is 0 Å². The van der Waals surface area contributed by atoms with Crippen molar-refractivity contribution in [2.75, 3.05) is 6.61 Å². The lowest BCUT2D eigenvalue weighted by Gasteiger charge is -2.26. The number of carbonyl (C=O) groups excluding carboxylic acids is 1. The number of hydrogen-bond donors (Lipinski definition) is 0. The predicted octanol–water partition coefficient (Wildman–Crippen LogP) is 1.35. The predicted molar refractivity (Wildman–Crippen MR) is 43.4 cm³/mol. The van der Waals surface area contributed by atoms with Gasteiger partial charge in [0.2, 0.25) is 0 Å². The summed E-state index contributed by atoms with van der Waals surface area (Å²) in [4.78, 5) is 10.7. The van der Waals surface area contributed by atoms with Gasteiger partial charge in [-0.1, -0.05) is 12.0 Å². The zero-order valence-corrected chi connectivity index (χ0v) is 6.66. The molecule has 1 fully saturated rings. The molecule has 0 radical (unpaired) electrons. The van der Waals surface area contributed by atoms with Gasteiger partial charge < -0.3 is 9.47 Å². The molecular weight excluding hydrogens is 156 g/mol. The Labute approximate surface area is 71.4 Å². The maximum absolute atomic E-state index is 10.7. The SMILES string of the molecule is C#CC1COC(=O)OC1CC=C. The summed E-state index contributed by atoms with van der Waals surface area (Å²) >= 11 is 0. The van der Waals surface area contributed by atoms with Crippen molar-refractivity contribution >= 4 is 6.16 Å². The van der Waals surface area contributed by atoms with Crippen molar-refractivity contribution in [1.82, 2.24) is 0 Å². The number of terminal acetylenes is 1. The van der Waals surface area contributed by atoms with E-state index in [0.717, 1.165) is 0 Å². The zero-order chi connectivity index (χ0) is 8.97.